The number of fused-ring (bicyclic) bond motifs is 1. The third-order valence-electron chi connectivity index (χ3n) is 5.01. The van der Waals surface area contributed by atoms with E-state index < -0.39 is 5.97 Å². The molecule has 144 valence electrons. The van der Waals surface area contributed by atoms with Crippen LogP contribution in [0.3, 0.4) is 0 Å². The first-order valence-corrected chi connectivity index (χ1v) is 9.13. The van der Waals surface area contributed by atoms with Crippen LogP contribution in [0.4, 0.5) is 0 Å². The van der Waals surface area contributed by atoms with E-state index in [1.807, 2.05) is 25.1 Å². The van der Waals surface area contributed by atoms with Gasteiger partial charge in [0.25, 0.3) is 0 Å². The number of carbonyl (C=O) groups excluding carboxylic acids is 2. The highest BCUT2D eigenvalue weighted by Gasteiger charge is 2.33. The van der Waals surface area contributed by atoms with E-state index in [1.165, 1.54) is 0 Å². The van der Waals surface area contributed by atoms with Gasteiger partial charge in [0.15, 0.2) is 5.78 Å². The fraction of sp³-hybridized carbons (Fsp3) is 0.429. The summed E-state index contributed by atoms with van der Waals surface area (Å²) in [5.41, 5.74) is 3.38. The molecule has 3 rings (SSSR count). The van der Waals surface area contributed by atoms with Gasteiger partial charge in [0.1, 0.15) is 17.2 Å². The molecule has 0 fully saturated rings. The van der Waals surface area contributed by atoms with Gasteiger partial charge in [0, 0.05) is 29.2 Å². The summed E-state index contributed by atoms with van der Waals surface area (Å²) < 4.78 is 16.0. The van der Waals surface area contributed by atoms with Crippen LogP contribution in [0.2, 0.25) is 0 Å². The predicted octanol–water partition coefficient (Wildman–Crippen LogP) is 3.82. The summed E-state index contributed by atoms with van der Waals surface area (Å²) in [6, 6.07) is 5.59. The van der Waals surface area contributed by atoms with E-state index in [1.54, 1.807) is 21.1 Å². The third kappa shape index (κ3) is 3.56. The number of carbonyl (C=O) groups is 2. The highest BCUT2D eigenvalue weighted by atomic mass is 16.5. The van der Waals surface area contributed by atoms with Gasteiger partial charge in [-0.15, -0.1) is 0 Å². The molecule has 0 bridgehead atoms. The van der Waals surface area contributed by atoms with Gasteiger partial charge in [-0.1, -0.05) is 6.92 Å². The summed E-state index contributed by atoms with van der Waals surface area (Å²) >= 11 is 0. The monoisotopic (exact) mass is 371 g/mol. The molecule has 1 aromatic carbocycles. The maximum atomic E-state index is 12.8. The van der Waals surface area contributed by atoms with Crippen LogP contribution in [0.1, 0.15) is 63.4 Å². The number of H-pyrrole nitrogens is 1. The molecule has 27 heavy (non-hydrogen) atoms. The van der Waals surface area contributed by atoms with E-state index in [9.17, 15) is 9.59 Å². The summed E-state index contributed by atoms with van der Waals surface area (Å²) in [7, 11) is 3.22. The maximum absolute atomic E-state index is 12.8. The van der Waals surface area contributed by atoms with E-state index in [4.69, 9.17) is 14.2 Å². The number of hydrogen-bond acceptors (Lipinski definition) is 5. The van der Waals surface area contributed by atoms with Gasteiger partial charge >= 0.3 is 5.97 Å². The zero-order valence-electron chi connectivity index (χ0n) is 16.2. The molecule has 1 aromatic heterocycles. The van der Waals surface area contributed by atoms with E-state index in [0.717, 1.165) is 29.2 Å². The molecule has 1 aliphatic carbocycles. The summed E-state index contributed by atoms with van der Waals surface area (Å²) in [6.07, 6.45) is 1.73. The minimum absolute atomic E-state index is 0.0226. The normalized spacial score (nSPS) is 16.0. The number of Topliss-reactive ketones (excluding diaryl/α,β-unsaturated/α-hetero) is 1. The van der Waals surface area contributed by atoms with Crippen LogP contribution < -0.4 is 9.47 Å². The van der Waals surface area contributed by atoms with Gasteiger partial charge < -0.3 is 19.2 Å². The fourth-order valence-corrected chi connectivity index (χ4v) is 3.68. The van der Waals surface area contributed by atoms with Crippen LogP contribution in [0.25, 0.3) is 0 Å². The molecule has 1 aliphatic rings. The number of aromatic amines is 1. The van der Waals surface area contributed by atoms with Gasteiger partial charge in [-0.2, -0.15) is 0 Å². The van der Waals surface area contributed by atoms with Crippen LogP contribution in [-0.2, 0) is 11.2 Å². The molecule has 1 unspecified atom stereocenters. The standard InChI is InChI=1S/C21H25NO5/c1-5-8-27-21(24)20-12(2)19-16(22-20)9-13(10-17(19)23)15-11-14(25-3)6-7-18(15)26-4/h6-7,11,13,22H,5,8-10H2,1-4H3. The lowest BCUT2D eigenvalue weighted by molar-refractivity contribution is 0.0498. The molecule has 0 saturated heterocycles. The van der Waals surface area contributed by atoms with Crippen LogP contribution in [0.5, 0.6) is 11.5 Å². The number of benzene rings is 1. The molecule has 0 aliphatic heterocycles. The first kappa shape index (κ1) is 19.0. The second kappa shape index (κ2) is 7.86. The number of ether oxygens (including phenoxy) is 3. The van der Waals surface area contributed by atoms with Gasteiger partial charge in [-0.05, 0) is 43.5 Å². The Bertz CT molecular complexity index is 868. The number of aromatic nitrogens is 1. The number of hydrogen-bond donors (Lipinski definition) is 1. The van der Waals surface area contributed by atoms with Crippen molar-refractivity contribution in [3.05, 3.63) is 46.3 Å². The predicted molar refractivity (Wildman–Crippen MR) is 101 cm³/mol. The van der Waals surface area contributed by atoms with Gasteiger partial charge in [0.05, 0.1) is 20.8 Å². The molecule has 0 spiro atoms. The van der Waals surface area contributed by atoms with Crippen molar-refractivity contribution in [2.24, 2.45) is 0 Å². The molecule has 6 nitrogen and oxygen atoms in total. The van der Waals surface area contributed by atoms with Crippen LogP contribution >= 0.6 is 0 Å². The van der Waals surface area contributed by atoms with Crippen LogP contribution in [0, 0.1) is 6.92 Å². The van der Waals surface area contributed by atoms with Crippen molar-refractivity contribution in [2.45, 2.75) is 39.0 Å². The minimum atomic E-state index is -0.410. The summed E-state index contributed by atoms with van der Waals surface area (Å²) in [5.74, 6) is 1.01. The summed E-state index contributed by atoms with van der Waals surface area (Å²) in [6.45, 7) is 4.09. The second-order valence-electron chi connectivity index (χ2n) is 6.75. The van der Waals surface area contributed by atoms with E-state index >= 15 is 0 Å². The maximum Gasteiger partial charge on any atom is 0.355 e. The van der Waals surface area contributed by atoms with E-state index in [0.29, 0.717) is 36.3 Å². The average Bonchev–Trinajstić information content (AvgIpc) is 3.02. The van der Waals surface area contributed by atoms with Crippen LogP contribution in [0.15, 0.2) is 18.2 Å². The molecule has 0 radical (unpaired) electrons. The first-order valence-electron chi connectivity index (χ1n) is 9.13. The zero-order valence-corrected chi connectivity index (χ0v) is 16.2. The lowest BCUT2D eigenvalue weighted by Crippen LogP contribution is -2.19. The van der Waals surface area contributed by atoms with E-state index in [-0.39, 0.29) is 11.7 Å². The number of esters is 1. The minimum Gasteiger partial charge on any atom is -0.497 e. The summed E-state index contributed by atoms with van der Waals surface area (Å²) in [4.78, 5) is 28.3. The van der Waals surface area contributed by atoms with Gasteiger partial charge in [-0.3, -0.25) is 4.79 Å². The third-order valence-corrected chi connectivity index (χ3v) is 5.01. The van der Waals surface area contributed by atoms with Gasteiger partial charge in [-0.25, -0.2) is 4.79 Å². The van der Waals surface area contributed by atoms with Crippen molar-refractivity contribution in [1.82, 2.24) is 4.98 Å². The lowest BCUT2D eigenvalue weighted by Gasteiger charge is -2.24. The Morgan fingerprint density at radius 1 is 1.22 bits per heavy atom. The summed E-state index contributed by atoms with van der Waals surface area (Å²) in [5, 5.41) is 0. The Morgan fingerprint density at radius 2 is 2.00 bits per heavy atom. The number of methoxy groups -OCH3 is 2. The SMILES string of the molecule is CCCOC(=O)c1[nH]c2c(c1C)C(=O)CC(c1cc(OC)ccc1OC)C2. The Kier molecular flexibility index (Phi) is 5.54. The van der Waals surface area contributed by atoms with Gasteiger partial charge in [0.2, 0.25) is 0 Å². The lowest BCUT2D eigenvalue weighted by atomic mass is 9.81. The average molecular weight is 371 g/mol. The van der Waals surface area contributed by atoms with Crippen LogP contribution in [-0.4, -0.2) is 37.6 Å². The van der Waals surface area contributed by atoms with Crippen molar-refractivity contribution in [1.29, 1.82) is 0 Å². The number of ketones is 1. The van der Waals surface area contributed by atoms with Crippen molar-refractivity contribution < 1.29 is 23.8 Å². The molecule has 0 saturated carbocycles. The Balaban J connectivity index is 1.95. The Hall–Kier alpha value is -2.76. The van der Waals surface area contributed by atoms with Crippen molar-refractivity contribution in [3.8, 4) is 11.5 Å². The molecular weight excluding hydrogens is 346 g/mol. The molecule has 6 heteroatoms. The largest absolute Gasteiger partial charge is 0.497 e. The Morgan fingerprint density at radius 3 is 2.67 bits per heavy atom. The molecular formula is C21H25NO5. The zero-order chi connectivity index (χ0) is 19.6. The molecule has 1 heterocycles. The smallest absolute Gasteiger partial charge is 0.355 e. The topological polar surface area (TPSA) is 77.6 Å². The number of rotatable bonds is 6. The van der Waals surface area contributed by atoms with Crippen molar-refractivity contribution >= 4 is 11.8 Å². The highest BCUT2D eigenvalue weighted by molar-refractivity contribution is 6.03. The van der Waals surface area contributed by atoms with Crippen molar-refractivity contribution in [3.63, 3.8) is 0 Å². The fourth-order valence-electron chi connectivity index (χ4n) is 3.68. The second-order valence-corrected chi connectivity index (χ2v) is 6.75. The first-order chi connectivity index (χ1) is 13.0. The van der Waals surface area contributed by atoms with Crippen molar-refractivity contribution in [2.75, 3.05) is 20.8 Å². The molecule has 2 aromatic rings. The molecule has 1 N–H and O–H groups in total. The molecule has 0 amide bonds. The highest BCUT2D eigenvalue weighted by Crippen LogP contribution is 2.40. The van der Waals surface area contributed by atoms with E-state index in [2.05, 4.69) is 4.98 Å². The quantitative estimate of drug-likeness (QED) is 0.781. The number of nitrogens with one attached hydrogen (secondary N) is 1. The Labute approximate surface area is 158 Å². The molecule has 1 atom stereocenters.